The van der Waals surface area contributed by atoms with Gasteiger partial charge in [0.05, 0.1) is 0 Å². The second-order valence-corrected chi connectivity index (χ2v) is 3.10. The molecule has 0 fully saturated rings. The first-order valence-electron chi connectivity index (χ1n) is 1.50. The van der Waals surface area contributed by atoms with Gasteiger partial charge in [0.25, 0.3) is 0 Å². The van der Waals surface area contributed by atoms with Gasteiger partial charge in [-0.25, -0.2) is 5.10 Å². The largest absolute Gasteiger partial charge is 0.323 e. The number of nitrogens with zero attached hydrogens (tertiary/aromatic N) is 1. The standard InChI is InChI=1S/C2HBrN2OS/c3-1-4-5-2(6)7-1/h(H,5,6). The highest BCUT2D eigenvalue weighted by atomic mass is 79.9. The normalized spacial score (nSPS) is 9.29. The Kier molecular flexibility index (Phi) is 1.25. The summed E-state index contributed by atoms with van der Waals surface area (Å²) in [4.78, 5) is 10.0. The van der Waals surface area contributed by atoms with Gasteiger partial charge in [0, 0.05) is 0 Å². The van der Waals surface area contributed by atoms with Crippen LogP contribution >= 0.6 is 27.3 Å². The molecule has 0 atom stereocenters. The van der Waals surface area contributed by atoms with Crippen LogP contribution in [0.3, 0.4) is 0 Å². The molecule has 3 nitrogen and oxygen atoms in total. The van der Waals surface area contributed by atoms with Crippen LogP contribution in [-0.2, 0) is 0 Å². The smallest absolute Gasteiger partial charge is 0.255 e. The van der Waals surface area contributed by atoms with E-state index in [1.165, 1.54) is 0 Å². The summed E-state index contributed by atoms with van der Waals surface area (Å²) < 4.78 is 0.595. The van der Waals surface area contributed by atoms with Gasteiger partial charge in [0.2, 0.25) is 0 Å². The molecule has 0 radical (unpaired) electrons. The Morgan fingerprint density at radius 2 is 2.57 bits per heavy atom. The molecule has 7 heavy (non-hydrogen) atoms. The molecule has 0 aliphatic rings. The van der Waals surface area contributed by atoms with Crippen LogP contribution in [-0.4, -0.2) is 10.2 Å². The van der Waals surface area contributed by atoms with Gasteiger partial charge in [-0.1, -0.05) is 0 Å². The number of nitrogens with one attached hydrogen (secondary N) is 1. The SMILES string of the molecule is O=c1[nH]nc(Br)s1. The van der Waals surface area contributed by atoms with Crippen molar-refractivity contribution in [3.05, 3.63) is 13.6 Å². The quantitative estimate of drug-likeness (QED) is 0.636. The van der Waals surface area contributed by atoms with Crippen molar-refractivity contribution in [2.24, 2.45) is 0 Å². The minimum atomic E-state index is -0.133. The molecule has 1 rings (SSSR count). The van der Waals surface area contributed by atoms with E-state index in [-0.39, 0.29) is 4.87 Å². The number of hydrogen-bond donors (Lipinski definition) is 1. The number of H-pyrrole nitrogens is 1. The van der Waals surface area contributed by atoms with Crippen LogP contribution in [0.15, 0.2) is 8.71 Å². The predicted octanol–water partition coefficient (Wildman–Crippen LogP) is 0.594. The van der Waals surface area contributed by atoms with E-state index in [1.54, 1.807) is 0 Å². The topological polar surface area (TPSA) is 45.8 Å². The van der Waals surface area contributed by atoms with Crippen molar-refractivity contribution >= 4 is 27.3 Å². The third-order valence-corrected chi connectivity index (χ3v) is 1.61. The molecule has 0 spiro atoms. The molecule has 5 heteroatoms. The van der Waals surface area contributed by atoms with Crippen molar-refractivity contribution in [2.75, 3.05) is 0 Å². The van der Waals surface area contributed by atoms with E-state index >= 15 is 0 Å². The molecule has 0 saturated carbocycles. The minimum absolute atomic E-state index is 0.133. The molecular formula is C2HBrN2OS. The lowest BCUT2D eigenvalue weighted by Crippen LogP contribution is -1.90. The van der Waals surface area contributed by atoms with Crippen LogP contribution in [0.4, 0.5) is 0 Å². The summed E-state index contributed by atoms with van der Waals surface area (Å²) in [5.41, 5.74) is 0. The van der Waals surface area contributed by atoms with E-state index in [9.17, 15) is 4.79 Å². The fourth-order valence-electron chi connectivity index (χ4n) is 0.212. The Balaban J connectivity index is 3.30. The van der Waals surface area contributed by atoms with Gasteiger partial charge in [-0.05, 0) is 27.3 Å². The zero-order chi connectivity index (χ0) is 5.28. The molecule has 1 aromatic heterocycles. The Hall–Kier alpha value is -0.160. The Labute approximate surface area is 51.5 Å². The molecule has 0 saturated heterocycles. The van der Waals surface area contributed by atoms with Crippen molar-refractivity contribution in [1.82, 2.24) is 10.2 Å². The average Bonchev–Trinajstić information content (AvgIpc) is 1.87. The van der Waals surface area contributed by atoms with Crippen molar-refractivity contribution in [3.8, 4) is 0 Å². The van der Waals surface area contributed by atoms with Crippen molar-refractivity contribution in [3.63, 3.8) is 0 Å². The molecule has 0 unspecified atom stereocenters. The van der Waals surface area contributed by atoms with Gasteiger partial charge in [0.15, 0.2) is 3.92 Å². The third kappa shape index (κ3) is 1.10. The fraction of sp³-hybridized carbons (Fsp3) is 0. The van der Waals surface area contributed by atoms with Crippen LogP contribution in [0, 0.1) is 0 Å². The summed E-state index contributed by atoms with van der Waals surface area (Å²) in [5, 5.41) is 5.75. The highest BCUT2D eigenvalue weighted by Gasteiger charge is 1.88. The van der Waals surface area contributed by atoms with E-state index in [4.69, 9.17) is 0 Å². The summed E-state index contributed by atoms with van der Waals surface area (Å²) in [7, 11) is 0. The van der Waals surface area contributed by atoms with Gasteiger partial charge in [0.1, 0.15) is 0 Å². The molecule has 1 N–H and O–H groups in total. The van der Waals surface area contributed by atoms with Gasteiger partial charge in [-0.15, -0.1) is 0 Å². The molecule has 1 heterocycles. The average molecular weight is 181 g/mol. The molecule has 0 aliphatic carbocycles. The van der Waals surface area contributed by atoms with Gasteiger partial charge >= 0.3 is 4.87 Å². The maximum absolute atomic E-state index is 10.2. The lowest BCUT2D eigenvalue weighted by atomic mass is 11.5. The van der Waals surface area contributed by atoms with Crippen LogP contribution < -0.4 is 4.87 Å². The number of halogens is 1. The van der Waals surface area contributed by atoms with E-state index in [0.29, 0.717) is 3.92 Å². The van der Waals surface area contributed by atoms with Crippen LogP contribution in [0.5, 0.6) is 0 Å². The predicted molar refractivity (Wildman–Crippen MR) is 30.4 cm³/mol. The number of hydrogen-bond acceptors (Lipinski definition) is 3. The molecule has 0 bridgehead atoms. The highest BCUT2D eigenvalue weighted by molar-refractivity contribution is 9.11. The van der Waals surface area contributed by atoms with Gasteiger partial charge in [-0.2, -0.15) is 5.10 Å². The summed E-state index contributed by atoms with van der Waals surface area (Å²) in [5.74, 6) is 0. The minimum Gasteiger partial charge on any atom is -0.255 e. The first kappa shape index (κ1) is 4.99. The van der Waals surface area contributed by atoms with Crippen LogP contribution in [0.25, 0.3) is 0 Å². The second kappa shape index (κ2) is 1.75. The summed E-state index contributed by atoms with van der Waals surface area (Å²) in [6.07, 6.45) is 0. The maximum Gasteiger partial charge on any atom is 0.323 e. The van der Waals surface area contributed by atoms with Crippen molar-refractivity contribution in [2.45, 2.75) is 0 Å². The van der Waals surface area contributed by atoms with E-state index in [0.717, 1.165) is 11.3 Å². The van der Waals surface area contributed by atoms with Crippen LogP contribution in [0.1, 0.15) is 0 Å². The zero-order valence-corrected chi connectivity index (χ0v) is 5.54. The van der Waals surface area contributed by atoms with Gasteiger partial charge < -0.3 is 0 Å². The van der Waals surface area contributed by atoms with E-state index < -0.39 is 0 Å². The lowest BCUT2D eigenvalue weighted by molar-refractivity contribution is 1.04. The van der Waals surface area contributed by atoms with Crippen molar-refractivity contribution in [1.29, 1.82) is 0 Å². The number of aromatic nitrogens is 2. The molecular weight excluding hydrogens is 180 g/mol. The second-order valence-electron chi connectivity index (χ2n) is 0.866. The maximum atomic E-state index is 10.2. The Morgan fingerprint density at radius 3 is 2.71 bits per heavy atom. The number of aromatic amines is 1. The zero-order valence-electron chi connectivity index (χ0n) is 3.14. The molecule has 1 aromatic rings. The van der Waals surface area contributed by atoms with Crippen molar-refractivity contribution < 1.29 is 0 Å². The Morgan fingerprint density at radius 1 is 1.86 bits per heavy atom. The third-order valence-electron chi connectivity index (χ3n) is 0.412. The monoisotopic (exact) mass is 180 g/mol. The highest BCUT2D eigenvalue weighted by Crippen LogP contribution is 2.03. The summed E-state index contributed by atoms with van der Waals surface area (Å²) >= 11 is 4.05. The van der Waals surface area contributed by atoms with E-state index in [1.807, 2.05) is 0 Å². The number of rotatable bonds is 0. The van der Waals surface area contributed by atoms with Crippen LogP contribution in [0.2, 0.25) is 0 Å². The Bertz CT molecular complexity index is 203. The molecule has 0 aliphatic heterocycles. The fourth-order valence-corrected chi connectivity index (χ4v) is 1.08. The first-order valence-corrected chi connectivity index (χ1v) is 3.11. The first-order chi connectivity index (χ1) is 3.29. The molecule has 38 valence electrons. The van der Waals surface area contributed by atoms with E-state index in [2.05, 4.69) is 26.1 Å². The molecule has 0 aromatic carbocycles. The summed E-state index contributed by atoms with van der Waals surface area (Å²) in [6.45, 7) is 0. The lowest BCUT2D eigenvalue weighted by Gasteiger charge is -1.59. The van der Waals surface area contributed by atoms with Gasteiger partial charge in [-0.3, -0.25) is 4.79 Å². The summed E-state index contributed by atoms with van der Waals surface area (Å²) in [6, 6.07) is 0. The molecule has 0 amide bonds.